The van der Waals surface area contributed by atoms with Crippen LogP contribution in [0.25, 0.3) is 0 Å². The van der Waals surface area contributed by atoms with Gasteiger partial charge in [0.2, 0.25) is 0 Å². The Morgan fingerprint density at radius 2 is 1.81 bits per heavy atom. The highest BCUT2D eigenvalue weighted by molar-refractivity contribution is 6.03. The number of hydrogen-bond acceptors (Lipinski definition) is 7. The van der Waals surface area contributed by atoms with Gasteiger partial charge in [0.25, 0.3) is 5.91 Å². The van der Waals surface area contributed by atoms with Crippen molar-refractivity contribution in [2.75, 3.05) is 45.7 Å². The Morgan fingerprint density at radius 1 is 1.06 bits per heavy atom. The molecule has 2 aliphatic rings. The molecule has 0 aromatic heterocycles. The van der Waals surface area contributed by atoms with Gasteiger partial charge in [0.1, 0.15) is 6.10 Å². The van der Waals surface area contributed by atoms with Crippen LogP contribution in [-0.2, 0) is 4.74 Å². The summed E-state index contributed by atoms with van der Waals surface area (Å²) in [6.07, 6.45) is 2.70. The summed E-state index contributed by atoms with van der Waals surface area (Å²) in [5.41, 5.74) is 2.81. The Balaban J connectivity index is 1.39. The fourth-order valence-electron chi connectivity index (χ4n) is 4.36. The molecular weight excluding hydrogens is 460 g/mol. The number of carbonyl (C=O) groups excluding carboxylic acids is 2. The Hall–Kier alpha value is -3.59. The van der Waals surface area contributed by atoms with Crippen LogP contribution in [0.2, 0.25) is 0 Å². The summed E-state index contributed by atoms with van der Waals surface area (Å²) in [6.45, 7) is 4.82. The van der Waals surface area contributed by atoms with Crippen molar-refractivity contribution >= 4 is 23.4 Å². The first-order valence-electron chi connectivity index (χ1n) is 12.4. The maximum Gasteiger partial charge on any atom is 0.411 e. The Kier molecular flexibility index (Phi) is 8.43. The fourth-order valence-corrected chi connectivity index (χ4v) is 4.36. The number of benzene rings is 2. The van der Waals surface area contributed by atoms with Crippen LogP contribution in [0.3, 0.4) is 0 Å². The van der Waals surface area contributed by atoms with Gasteiger partial charge in [-0.15, -0.1) is 0 Å². The lowest BCUT2D eigenvalue weighted by atomic mass is 10.0. The molecule has 2 amide bonds. The minimum absolute atomic E-state index is 0.0662. The van der Waals surface area contributed by atoms with Gasteiger partial charge in [0.05, 0.1) is 19.4 Å². The average Bonchev–Trinajstić information content (AvgIpc) is 2.90. The number of nitrogens with zero attached hydrogens (tertiary/aromatic N) is 3. The number of methoxy groups -OCH3 is 1. The summed E-state index contributed by atoms with van der Waals surface area (Å²) in [5, 5.41) is 8.89. The van der Waals surface area contributed by atoms with E-state index in [0.717, 1.165) is 50.0 Å². The van der Waals surface area contributed by atoms with Crippen LogP contribution in [0.4, 0.5) is 10.5 Å². The number of piperidine rings is 1. The van der Waals surface area contributed by atoms with Crippen LogP contribution in [0.5, 0.6) is 11.5 Å². The number of hydrogen-bond donors (Lipinski definition) is 1. The van der Waals surface area contributed by atoms with E-state index < -0.39 is 6.09 Å². The van der Waals surface area contributed by atoms with E-state index in [2.05, 4.69) is 22.4 Å². The van der Waals surface area contributed by atoms with Crippen molar-refractivity contribution < 1.29 is 23.8 Å². The molecule has 9 heteroatoms. The molecule has 192 valence electrons. The van der Waals surface area contributed by atoms with Gasteiger partial charge >= 0.3 is 6.09 Å². The molecule has 1 N–H and O–H groups in total. The molecule has 1 saturated heterocycles. The van der Waals surface area contributed by atoms with Gasteiger partial charge in [0.15, 0.2) is 11.5 Å². The van der Waals surface area contributed by atoms with Gasteiger partial charge in [-0.3, -0.25) is 10.1 Å². The number of amides is 2. The molecular formula is C27H34N4O5. The van der Waals surface area contributed by atoms with Gasteiger partial charge in [-0.05, 0) is 82.1 Å². The first kappa shape index (κ1) is 25.5. The predicted octanol–water partition coefficient (Wildman–Crippen LogP) is 4.38. The third-order valence-electron chi connectivity index (χ3n) is 6.37. The zero-order valence-electron chi connectivity index (χ0n) is 21.2. The Morgan fingerprint density at radius 3 is 2.50 bits per heavy atom. The van der Waals surface area contributed by atoms with Crippen molar-refractivity contribution in [1.29, 1.82) is 0 Å². The fraction of sp³-hybridized carbons (Fsp3) is 0.444. The molecule has 0 saturated carbocycles. The smallest absolute Gasteiger partial charge is 0.411 e. The summed E-state index contributed by atoms with van der Waals surface area (Å²) < 4.78 is 16.6. The number of ether oxygens (including phenoxy) is 3. The van der Waals surface area contributed by atoms with Crippen LogP contribution in [-0.4, -0.2) is 74.1 Å². The maximum atomic E-state index is 13.1. The van der Waals surface area contributed by atoms with E-state index in [-0.39, 0.29) is 12.0 Å². The van der Waals surface area contributed by atoms with Crippen LogP contribution in [0.15, 0.2) is 47.6 Å². The van der Waals surface area contributed by atoms with E-state index in [4.69, 9.17) is 14.2 Å². The number of anilines is 1. The molecule has 36 heavy (non-hydrogen) atoms. The molecule has 0 unspecified atom stereocenters. The van der Waals surface area contributed by atoms with Crippen LogP contribution in [0, 0.1) is 0 Å². The van der Waals surface area contributed by atoms with Gasteiger partial charge in [-0.1, -0.05) is 0 Å². The van der Waals surface area contributed by atoms with E-state index in [1.807, 2.05) is 25.1 Å². The lowest BCUT2D eigenvalue weighted by molar-refractivity contribution is 0.0661. The molecule has 9 nitrogen and oxygen atoms in total. The molecule has 0 atom stereocenters. The van der Waals surface area contributed by atoms with E-state index in [9.17, 15) is 9.59 Å². The quantitative estimate of drug-likeness (QED) is 0.614. The summed E-state index contributed by atoms with van der Waals surface area (Å²) in [5.74, 6) is 1.13. The van der Waals surface area contributed by atoms with E-state index >= 15 is 0 Å². The summed E-state index contributed by atoms with van der Waals surface area (Å²) in [7, 11) is 3.67. The van der Waals surface area contributed by atoms with Gasteiger partial charge < -0.3 is 19.1 Å². The van der Waals surface area contributed by atoms with Crippen LogP contribution >= 0.6 is 0 Å². The minimum Gasteiger partial charge on any atom is -0.493 e. The number of carbonyl (C=O) groups is 2. The van der Waals surface area contributed by atoms with Gasteiger partial charge in [0, 0.05) is 36.4 Å². The monoisotopic (exact) mass is 494 g/mol. The molecule has 4 rings (SSSR count). The third-order valence-corrected chi connectivity index (χ3v) is 6.37. The van der Waals surface area contributed by atoms with Crippen molar-refractivity contribution in [3.8, 4) is 11.5 Å². The maximum absolute atomic E-state index is 13.1. The van der Waals surface area contributed by atoms with Crippen molar-refractivity contribution in [3.05, 3.63) is 53.6 Å². The summed E-state index contributed by atoms with van der Waals surface area (Å²) in [4.78, 5) is 27.6. The zero-order valence-corrected chi connectivity index (χ0v) is 21.2. The summed E-state index contributed by atoms with van der Waals surface area (Å²) >= 11 is 0. The average molecular weight is 495 g/mol. The highest BCUT2D eigenvalue weighted by atomic mass is 16.6. The van der Waals surface area contributed by atoms with Crippen molar-refractivity contribution in [2.24, 2.45) is 5.10 Å². The van der Waals surface area contributed by atoms with Gasteiger partial charge in [-0.2, -0.15) is 5.10 Å². The number of rotatable bonds is 7. The second-order valence-corrected chi connectivity index (χ2v) is 8.99. The normalized spacial score (nSPS) is 16.8. The SMILES string of the molecule is CCOc1cc(C2=NN(C(=O)c3ccc(NC(=O)OC4CCN(C)CC4)cc3)CCC2)ccc1OC. The van der Waals surface area contributed by atoms with Crippen molar-refractivity contribution in [3.63, 3.8) is 0 Å². The van der Waals surface area contributed by atoms with E-state index in [1.165, 1.54) is 5.01 Å². The molecule has 2 aromatic carbocycles. The first-order valence-corrected chi connectivity index (χ1v) is 12.4. The second-order valence-electron chi connectivity index (χ2n) is 8.99. The molecule has 0 bridgehead atoms. The molecule has 0 radical (unpaired) electrons. The molecule has 2 aromatic rings. The highest BCUT2D eigenvalue weighted by Crippen LogP contribution is 2.29. The zero-order chi connectivity index (χ0) is 25.5. The topological polar surface area (TPSA) is 92.7 Å². The number of hydrazone groups is 1. The minimum atomic E-state index is -0.472. The van der Waals surface area contributed by atoms with Gasteiger partial charge in [-0.25, -0.2) is 9.80 Å². The lowest BCUT2D eigenvalue weighted by Gasteiger charge is -2.28. The largest absolute Gasteiger partial charge is 0.493 e. The van der Waals surface area contributed by atoms with E-state index in [1.54, 1.807) is 31.4 Å². The number of nitrogens with one attached hydrogen (secondary N) is 1. The highest BCUT2D eigenvalue weighted by Gasteiger charge is 2.23. The van der Waals surface area contributed by atoms with E-state index in [0.29, 0.717) is 35.9 Å². The van der Waals surface area contributed by atoms with Crippen LogP contribution < -0.4 is 14.8 Å². The lowest BCUT2D eigenvalue weighted by Crippen LogP contribution is -2.36. The van der Waals surface area contributed by atoms with Crippen LogP contribution in [0.1, 0.15) is 48.5 Å². The first-order chi connectivity index (χ1) is 17.5. The van der Waals surface area contributed by atoms with Crippen molar-refractivity contribution in [1.82, 2.24) is 9.91 Å². The molecule has 2 heterocycles. The van der Waals surface area contributed by atoms with Crippen molar-refractivity contribution in [2.45, 2.75) is 38.7 Å². The Bertz CT molecular complexity index is 1090. The molecule has 2 aliphatic heterocycles. The number of likely N-dealkylation sites (tertiary alicyclic amines) is 1. The Labute approximate surface area is 212 Å². The third kappa shape index (κ3) is 6.34. The molecule has 0 spiro atoms. The summed E-state index contributed by atoms with van der Waals surface area (Å²) in [6, 6.07) is 12.5. The second kappa shape index (κ2) is 11.9. The predicted molar refractivity (Wildman–Crippen MR) is 138 cm³/mol. The standard InChI is InChI=1S/C27H34N4O5/c1-4-35-25-18-20(9-12-24(25)34-3)23-6-5-15-31(29-23)26(32)19-7-10-21(11-8-19)28-27(33)36-22-13-16-30(2)17-14-22/h7-12,18,22H,4-6,13-17H2,1-3H3,(H,28,33). The molecule has 0 aliphatic carbocycles. The molecule has 1 fully saturated rings.